The maximum absolute atomic E-state index is 4.74. The second-order valence-corrected chi connectivity index (χ2v) is 14.8. The van der Waals surface area contributed by atoms with Crippen LogP contribution < -0.4 is 0 Å². The molecule has 0 aliphatic carbocycles. The molecule has 246 valence electrons. The summed E-state index contributed by atoms with van der Waals surface area (Å²) < 4.78 is 2.68. The molecule has 0 saturated heterocycles. The fourth-order valence-corrected chi connectivity index (χ4v) is 9.52. The zero-order valence-electron chi connectivity index (χ0n) is 28.6. The van der Waals surface area contributed by atoms with Crippen LogP contribution in [0.5, 0.6) is 0 Å². The second-order valence-electron chi connectivity index (χ2n) is 13.7. The summed E-state index contributed by atoms with van der Waals surface area (Å²) in [5, 5.41) is 9.84. The minimum absolute atomic E-state index is 0.942. The maximum atomic E-state index is 4.74. The van der Waals surface area contributed by atoms with Gasteiger partial charge in [0.25, 0.3) is 0 Å². The fraction of sp³-hybridized carbons (Fsp3) is 0. The van der Waals surface area contributed by atoms with Crippen LogP contribution in [-0.4, -0.2) is 9.97 Å². The van der Waals surface area contributed by atoms with E-state index in [4.69, 9.17) is 9.97 Å². The number of aromatic nitrogens is 2. The van der Waals surface area contributed by atoms with Gasteiger partial charge in [0, 0.05) is 48.9 Å². The van der Waals surface area contributed by atoms with Crippen molar-refractivity contribution in [1.29, 1.82) is 0 Å². The average molecular weight is 691 g/mol. The molecule has 0 aliphatic heterocycles. The summed E-state index contributed by atoms with van der Waals surface area (Å²) in [6.07, 6.45) is 3.56. The van der Waals surface area contributed by atoms with Gasteiger partial charge in [-0.3, -0.25) is 9.97 Å². The third-order valence-electron chi connectivity index (χ3n) is 10.8. The van der Waals surface area contributed by atoms with Crippen LogP contribution in [0.1, 0.15) is 0 Å². The first-order valence-corrected chi connectivity index (χ1v) is 18.8. The van der Waals surface area contributed by atoms with Gasteiger partial charge in [-0.15, -0.1) is 11.3 Å². The van der Waals surface area contributed by atoms with Gasteiger partial charge in [-0.05, 0) is 78.7 Å². The Balaban J connectivity index is 0.966. The van der Waals surface area contributed by atoms with E-state index < -0.39 is 0 Å². The number of rotatable bonds is 4. The molecule has 2 aromatic heterocycles. The summed E-state index contributed by atoms with van der Waals surface area (Å²) >= 11 is 1.89. The van der Waals surface area contributed by atoms with Gasteiger partial charge in [0.2, 0.25) is 0 Å². The minimum atomic E-state index is 0.942. The smallest absolute Gasteiger partial charge is 0.0971 e. The lowest BCUT2D eigenvalue weighted by atomic mass is 9.91. The third-order valence-corrected chi connectivity index (χ3v) is 12.0. The molecule has 11 aromatic rings. The number of thiophene rings is 1. The lowest BCUT2D eigenvalue weighted by Crippen LogP contribution is -1.89. The lowest BCUT2D eigenvalue weighted by Gasteiger charge is -2.13. The van der Waals surface area contributed by atoms with Crippen LogP contribution in [0.15, 0.2) is 182 Å². The van der Waals surface area contributed by atoms with Gasteiger partial charge < -0.3 is 0 Å². The fourth-order valence-electron chi connectivity index (χ4n) is 8.29. The lowest BCUT2D eigenvalue weighted by molar-refractivity contribution is 1.31. The van der Waals surface area contributed by atoms with Gasteiger partial charge >= 0.3 is 0 Å². The van der Waals surface area contributed by atoms with Gasteiger partial charge in [-0.1, -0.05) is 152 Å². The van der Waals surface area contributed by atoms with E-state index in [-0.39, 0.29) is 0 Å². The molecule has 53 heavy (non-hydrogen) atoms. The highest BCUT2D eigenvalue weighted by atomic mass is 32.1. The summed E-state index contributed by atoms with van der Waals surface area (Å²) in [7, 11) is 0. The molecule has 11 rings (SSSR count). The monoisotopic (exact) mass is 690 g/mol. The van der Waals surface area contributed by atoms with E-state index in [0.29, 0.717) is 0 Å². The summed E-state index contributed by atoms with van der Waals surface area (Å²) in [4.78, 5) is 9.43. The van der Waals surface area contributed by atoms with Gasteiger partial charge in [-0.25, -0.2) is 0 Å². The summed E-state index contributed by atoms with van der Waals surface area (Å²) in [5.41, 5.74) is 11.7. The second kappa shape index (κ2) is 11.9. The Kier molecular flexibility index (Phi) is 6.76. The first-order valence-electron chi connectivity index (χ1n) is 18.0. The van der Waals surface area contributed by atoms with Gasteiger partial charge in [-0.2, -0.15) is 0 Å². The quantitative estimate of drug-likeness (QED) is 0.172. The van der Waals surface area contributed by atoms with E-state index >= 15 is 0 Å². The largest absolute Gasteiger partial charge is 0.252 e. The van der Waals surface area contributed by atoms with Crippen LogP contribution in [-0.2, 0) is 0 Å². The normalized spacial score (nSPS) is 11.8. The van der Waals surface area contributed by atoms with E-state index in [1.807, 2.05) is 11.3 Å². The number of hydrogen-bond acceptors (Lipinski definition) is 3. The molecule has 0 N–H and O–H groups in total. The molecular weight excluding hydrogens is 661 g/mol. The Morgan fingerprint density at radius 1 is 0.302 bits per heavy atom. The molecular formula is C50H30N2S. The first-order chi connectivity index (χ1) is 26.3. The van der Waals surface area contributed by atoms with Crippen molar-refractivity contribution < 1.29 is 0 Å². The van der Waals surface area contributed by atoms with E-state index in [9.17, 15) is 0 Å². The Labute approximate surface area is 310 Å². The highest BCUT2D eigenvalue weighted by Gasteiger charge is 2.15. The molecule has 0 fully saturated rings. The molecule has 0 radical (unpaired) electrons. The average Bonchev–Trinajstić information content (AvgIpc) is 3.62. The summed E-state index contributed by atoms with van der Waals surface area (Å²) in [5.74, 6) is 0. The van der Waals surface area contributed by atoms with Crippen LogP contribution in [0.3, 0.4) is 0 Å². The van der Waals surface area contributed by atoms with Crippen molar-refractivity contribution in [2.75, 3.05) is 0 Å². The number of nitrogens with zero attached hydrogens (tertiary/aromatic N) is 2. The van der Waals surface area contributed by atoms with Crippen LogP contribution in [0.2, 0.25) is 0 Å². The molecule has 0 aliphatic rings. The van der Waals surface area contributed by atoms with E-state index in [0.717, 1.165) is 21.8 Å². The van der Waals surface area contributed by atoms with E-state index in [1.165, 1.54) is 86.2 Å². The van der Waals surface area contributed by atoms with Crippen molar-refractivity contribution in [3.8, 4) is 44.5 Å². The predicted octanol–water partition coefficient (Wildman–Crippen LogP) is 14.1. The minimum Gasteiger partial charge on any atom is -0.252 e. The van der Waals surface area contributed by atoms with Crippen molar-refractivity contribution in [1.82, 2.24) is 9.97 Å². The Morgan fingerprint density at radius 2 is 0.830 bits per heavy atom. The van der Waals surface area contributed by atoms with Crippen molar-refractivity contribution in [3.05, 3.63) is 182 Å². The van der Waals surface area contributed by atoms with Crippen molar-refractivity contribution >= 4 is 74.9 Å². The Morgan fingerprint density at radius 3 is 1.62 bits per heavy atom. The zero-order valence-corrected chi connectivity index (χ0v) is 29.4. The number of benzene rings is 9. The third kappa shape index (κ3) is 4.78. The SMILES string of the molecule is c1cc(-c2ccc(-c3cccc4c(-c5cccc6c5sc5ccccc56)cccc34)cc2)cc(-c2ccc3c(c2)c2ccccc2c2nccnc32)c1. The van der Waals surface area contributed by atoms with Crippen LogP contribution in [0.4, 0.5) is 0 Å². The molecule has 0 unspecified atom stereocenters. The first kappa shape index (κ1) is 30.0. The Hall–Kier alpha value is -6.68. The summed E-state index contributed by atoms with van der Waals surface area (Å²) in [6.45, 7) is 0. The van der Waals surface area contributed by atoms with Crippen LogP contribution in [0.25, 0.3) is 108 Å². The van der Waals surface area contributed by atoms with E-state index in [2.05, 4.69) is 170 Å². The van der Waals surface area contributed by atoms with Gasteiger partial charge in [0.1, 0.15) is 0 Å². The highest BCUT2D eigenvalue weighted by Crippen LogP contribution is 2.43. The zero-order chi connectivity index (χ0) is 34.9. The molecule has 9 aromatic carbocycles. The van der Waals surface area contributed by atoms with Gasteiger partial charge in [0.05, 0.1) is 11.0 Å². The molecule has 2 nitrogen and oxygen atoms in total. The molecule has 0 saturated carbocycles. The topological polar surface area (TPSA) is 25.8 Å². The molecule has 3 heteroatoms. The summed E-state index contributed by atoms with van der Waals surface area (Å²) in [6, 6.07) is 62.1. The molecule has 0 bridgehead atoms. The van der Waals surface area contributed by atoms with Crippen molar-refractivity contribution in [2.45, 2.75) is 0 Å². The van der Waals surface area contributed by atoms with Crippen molar-refractivity contribution in [3.63, 3.8) is 0 Å². The highest BCUT2D eigenvalue weighted by molar-refractivity contribution is 7.26. The molecule has 0 atom stereocenters. The number of fused-ring (bicyclic) bond motifs is 10. The van der Waals surface area contributed by atoms with Crippen LogP contribution >= 0.6 is 11.3 Å². The predicted molar refractivity (Wildman–Crippen MR) is 227 cm³/mol. The molecule has 0 amide bonds. The number of hydrogen-bond donors (Lipinski definition) is 0. The molecule has 0 spiro atoms. The van der Waals surface area contributed by atoms with Gasteiger partial charge in [0.15, 0.2) is 0 Å². The van der Waals surface area contributed by atoms with Crippen LogP contribution in [0, 0.1) is 0 Å². The standard InChI is InChI=1S/C50H30N2S/c1-2-13-42-40(11-1)46-30-35(25-26-43(46)49-48(42)51-27-28-52-49)34-10-5-9-33(29-34)31-21-23-32(24-22-31)36-14-6-16-38-37(36)15-7-17-39(38)44-18-8-19-45-41-12-3-4-20-47(41)53-50(44)45/h1-30H. The Bertz CT molecular complexity index is 3190. The van der Waals surface area contributed by atoms with Crippen molar-refractivity contribution in [2.24, 2.45) is 0 Å². The maximum Gasteiger partial charge on any atom is 0.0971 e. The van der Waals surface area contributed by atoms with E-state index in [1.54, 1.807) is 12.4 Å². The molecule has 2 heterocycles.